The van der Waals surface area contributed by atoms with Crippen molar-refractivity contribution in [2.75, 3.05) is 5.32 Å². The number of carboxylic acid groups (broad SMARTS) is 1. The zero-order chi connectivity index (χ0) is 16.9. The number of aromatic carboxylic acids is 1. The van der Waals surface area contributed by atoms with Crippen molar-refractivity contribution >= 4 is 28.3 Å². The van der Waals surface area contributed by atoms with E-state index in [-0.39, 0.29) is 21.8 Å². The molecular weight excluding hydrogens is 328 g/mol. The van der Waals surface area contributed by atoms with Crippen LogP contribution in [0.15, 0.2) is 60.7 Å². The molecule has 0 saturated heterocycles. The van der Waals surface area contributed by atoms with Gasteiger partial charge < -0.3 is 9.84 Å². The molecule has 0 saturated carbocycles. The topological polar surface area (TPSA) is 88.5 Å². The van der Waals surface area contributed by atoms with Crippen LogP contribution in [0, 0.1) is 0 Å². The summed E-state index contributed by atoms with van der Waals surface area (Å²) in [5, 5.41) is 12.1. The van der Waals surface area contributed by atoms with Crippen molar-refractivity contribution in [1.82, 2.24) is 4.98 Å². The summed E-state index contributed by atoms with van der Waals surface area (Å²) in [6.07, 6.45) is 0. The molecule has 0 spiro atoms. The van der Waals surface area contributed by atoms with E-state index in [1.165, 1.54) is 0 Å². The lowest BCUT2D eigenvalue weighted by molar-refractivity contribution is 0.0688. The van der Waals surface area contributed by atoms with Crippen LogP contribution < -0.4 is 10.1 Å². The highest BCUT2D eigenvalue weighted by molar-refractivity contribution is 7.17. The molecule has 1 heterocycles. The Labute approximate surface area is 141 Å². The molecule has 3 aromatic rings. The van der Waals surface area contributed by atoms with Gasteiger partial charge in [0.2, 0.25) is 10.8 Å². The van der Waals surface area contributed by atoms with E-state index in [0.29, 0.717) is 11.3 Å². The molecule has 3 rings (SSSR count). The van der Waals surface area contributed by atoms with E-state index in [0.717, 1.165) is 11.3 Å². The molecule has 2 aromatic carbocycles. The van der Waals surface area contributed by atoms with Crippen LogP contribution in [0.3, 0.4) is 0 Å². The van der Waals surface area contributed by atoms with E-state index in [9.17, 15) is 14.7 Å². The maximum Gasteiger partial charge on any atom is 0.359 e. The Morgan fingerprint density at radius 2 is 1.62 bits per heavy atom. The van der Waals surface area contributed by atoms with E-state index in [1.807, 2.05) is 6.07 Å². The third kappa shape index (κ3) is 3.58. The molecule has 0 radical (unpaired) electrons. The number of nitrogens with one attached hydrogen (secondary N) is 1. The first-order valence-corrected chi connectivity index (χ1v) is 7.78. The monoisotopic (exact) mass is 340 g/mol. The Balaban J connectivity index is 1.83. The van der Waals surface area contributed by atoms with E-state index in [1.54, 1.807) is 54.6 Å². The van der Waals surface area contributed by atoms with Gasteiger partial charge >= 0.3 is 5.97 Å². The predicted octanol–water partition coefficient (Wildman–Crippen LogP) is 3.89. The average molecular weight is 340 g/mol. The van der Waals surface area contributed by atoms with Crippen LogP contribution in [0.5, 0.6) is 10.8 Å². The average Bonchev–Trinajstić information content (AvgIpc) is 2.99. The minimum Gasteiger partial charge on any atom is -0.476 e. The van der Waals surface area contributed by atoms with E-state index >= 15 is 0 Å². The number of hydrogen-bond donors (Lipinski definition) is 2. The van der Waals surface area contributed by atoms with Crippen LogP contribution in [0.4, 0.5) is 5.13 Å². The summed E-state index contributed by atoms with van der Waals surface area (Å²) in [6, 6.07) is 17.4. The van der Waals surface area contributed by atoms with Crippen molar-refractivity contribution in [2.45, 2.75) is 0 Å². The molecule has 0 aliphatic heterocycles. The van der Waals surface area contributed by atoms with Gasteiger partial charge in [-0.25, -0.2) is 9.78 Å². The number of carbonyl (C=O) groups is 2. The van der Waals surface area contributed by atoms with Crippen molar-refractivity contribution in [1.29, 1.82) is 0 Å². The molecule has 1 aromatic heterocycles. The molecule has 7 heteroatoms. The van der Waals surface area contributed by atoms with Gasteiger partial charge in [0.05, 0.1) is 0 Å². The fourth-order valence-corrected chi connectivity index (χ4v) is 2.74. The highest BCUT2D eigenvalue weighted by atomic mass is 32.1. The normalized spacial score (nSPS) is 10.2. The first-order chi connectivity index (χ1) is 11.6. The summed E-state index contributed by atoms with van der Waals surface area (Å²) in [5.74, 6) is -1.10. The van der Waals surface area contributed by atoms with Crippen molar-refractivity contribution in [2.24, 2.45) is 0 Å². The summed E-state index contributed by atoms with van der Waals surface area (Å²) >= 11 is 0.960. The number of aromatic nitrogens is 1. The lowest BCUT2D eigenvalue weighted by Crippen LogP contribution is -2.11. The number of amides is 1. The molecule has 2 N–H and O–H groups in total. The first-order valence-electron chi connectivity index (χ1n) is 6.97. The Morgan fingerprint density at radius 1 is 1.00 bits per heavy atom. The number of benzene rings is 2. The van der Waals surface area contributed by atoms with Gasteiger partial charge in [-0.05, 0) is 24.3 Å². The van der Waals surface area contributed by atoms with Crippen molar-refractivity contribution in [3.8, 4) is 10.8 Å². The molecule has 6 nitrogen and oxygen atoms in total. The van der Waals surface area contributed by atoms with Gasteiger partial charge in [-0.15, -0.1) is 0 Å². The fraction of sp³-hybridized carbons (Fsp3) is 0. The van der Waals surface area contributed by atoms with E-state index in [4.69, 9.17) is 4.74 Å². The Kier molecular flexibility index (Phi) is 4.53. The molecule has 120 valence electrons. The highest BCUT2D eigenvalue weighted by Gasteiger charge is 2.21. The van der Waals surface area contributed by atoms with Crippen LogP contribution in [-0.4, -0.2) is 22.0 Å². The van der Waals surface area contributed by atoms with Crippen LogP contribution in [-0.2, 0) is 0 Å². The number of rotatable bonds is 5. The molecule has 0 unspecified atom stereocenters. The maximum atomic E-state index is 12.1. The summed E-state index contributed by atoms with van der Waals surface area (Å²) in [7, 11) is 0. The number of nitrogens with zero attached hydrogens (tertiary/aromatic N) is 1. The molecule has 0 atom stereocenters. The number of anilines is 1. The first kappa shape index (κ1) is 15.7. The SMILES string of the molecule is O=C(Nc1nc(C(=O)O)c(Oc2ccccc2)s1)c1ccccc1. The number of ether oxygens (including phenoxy) is 1. The van der Waals surface area contributed by atoms with E-state index in [2.05, 4.69) is 10.3 Å². The van der Waals surface area contributed by atoms with Gasteiger partial charge in [0, 0.05) is 5.56 Å². The van der Waals surface area contributed by atoms with E-state index < -0.39 is 5.97 Å². The molecule has 1 amide bonds. The molecule has 0 fully saturated rings. The van der Waals surface area contributed by atoms with Gasteiger partial charge in [-0.2, -0.15) is 0 Å². The van der Waals surface area contributed by atoms with Crippen molar-refractivity contribution in [3.63, 3.8) is 0 Å². The molecule has 0 aliphatic rings. The Bertz CT molecular complexity index is 863. The van der Waals surface area contributed by atoms with Crippen LogP contribution in [0.2, 0.25) is 0 Å². The smallest absolute Gasteiger partial charge is 0.359 e. The fourth-order valence-electron chi connectivity index (χ4n) is 1.92. The molecule has 24 heavy (non-hydrogen) atoms. The van der Waals surface area contributed by atoms with Crippen LogP contribution in [0.1, 0.15) is 20.8 Å². The number of para-hydroxylation sites is 1. The molecular formula is C17H12N2O4S. The van der Waals surface area contributed by atoms with Crippen molar-refractivity contribution < 1.29 is 19.4 Å². The lowest BCUT2D eigenvalue weighted by Gasteiger charge is -2.02. The van der Waals surface area contributed by atoms with Crippen LogP contribution >= 0.6 is 11.3 Å². The Morgan fingerprint density at radius 3 is 2.25 bits per heavy atom. The Hall–Kier alpha value is -3.19. The second-order valence-corrected chi connectivity index (χ2v) is 5.66. The summed E-state index contributed by atoms with van der Waals surface area (Å²) in [4.78, 5) is 27.4. The maximum absolute atomic E-state index is 12.1. The highest BCUT2D eigenvalue weighted by Crippen LogP contribution is 2.34. The number of hydrogen-bond acceptors (Lipinski definition) is 5. The standard InChI is InChI=1S/C17H12N2O4S/c20-14(11-7-3-1-4-8-11)19-17-18-13(15(21)22)16(24-17)23-12-9-5-2-6-10-12/h1-10H,(H,21,22)(H,18,19,20). The second kappa shape index (κ2) is 6.93. The summed E-state index contributed by atoms with van der Waals surface area (Å²) < 4.78 is 5.56. The third-order valence-electron chi connectivity index (χ3n) is 3.01. The molecule has 0 bridgehead atoms. The van der Waals surface area contributed by atoms with Gasteiger partial charge in [0.1, 0.15) is 5.75 Å². The second-order valence-electron chi connectivity index (χ2n) is 4.70. The predicted molar refractivity (Wildman–Crippen MR) is 90.0 cm³/mol. The summed E-state index contributed by atoms with van der Waals surface area (Å²) in [5.41, 5.74) is 0.210. The quantitative estimate of drug-likeness (QED) is 0.736. The van der Waals surface area contributed by atoms with Gasteiger partial charge in [0.15, 0.2) is 5.13 Å². The summed E-state index contributed by atoms with van der Waals surface area (Å²) in [6.45, 7) is 0. The number of carbonyl (C=O) groups excluding carboxylic acids is 1. The van der Waals surface area contributed by atoms with Gasteiger partial charge in [0.25, 0.3) is 5.91 Å². The van der Waals surface area contributed by atoms with Gasteiger partial charge in [-0.3, -0.25) is 10.1 Å². The van der Waals surface area contributed by atoms with Crippen molar-refractivity contribution in [3.05, 3.63) is 71.9 Å². The minimum atomic E-state index is -1.22. The zero-order valence-electron chi connectivity index (χ0n) is 12.3. The molecule has 0 aliphatic carbocycles. The zero-order valence-corrected chi connectivity index (χ0v) is 13.1. The third-order valence-corrected chi connectivity index (χ3v) is 3.86. The van der Waals surface area contributed by atoms with Crippen LogP contribution in [0.25, 0.3) is 0 Å². The minimum absolute atomic E-state index is 0.108. The largest absolute Gasteiger partial charge is 0.476 e. The number of thiazole rings is 1. The number of carboxylic acids is 1. The lowest BCUT2D eigenvalue weighted by atomic mass is 10.2. The van der Waals surface area contributed by atoms with Gasteiger partial charge in [-0.1, -0.05) is 47.7 Å².